The van der Waals surface area contributed by atoms with Crippen molar-refractivity contribution in [3.63, 3.8) is 0 Å². The summed E-state index contributed by atoms with van der Waals surface area (Å²) in [6.07, 6.45) is 4.20. The lowest BCUT2D eigenvalue weighted by molar-refractivity contribution is -0.137. The van der Waals surface area contributed by atoms with E-state index in [-0.39, 0.29) is 19.2 Å². The van der Waals surface area contributed by atoms with Gasteiger partial charge in [-0.2, -0.15) is 0 Å². The molecule has 11 heteroatoms. The fraction of sp³-hybridized carbons (Fsp3) is 0.176. The Morgan fingerprint density at radius 1 is 1.39 bits per heavy atom. The van der Waals surface area contributed by atoms with E-state index in [1.807, 2.05) is 12.1 Å². The zero-order valence-electron chi connectivity index (χ0n) is 14.6. The zero-order valence-corrected chi connectivity index (χ0v) is 17.0. The molecular weight excluding hydrogens is 450 g/mol. The first kappa shape index (κ1) is 18.6. The third-order valence-electron chi connectivity index (χ3n) is 3.75. The molecule has 0 amide bonds. The number of imidazole rings is 1. The highest BCUT2D eigenvalue weighted by atomic mass is 79.9. The SMILES string of the molecule is CCOC(=O)C=Cn1c(Sc2cc3c(cc2Br)OCO3)nc2c(N)ncnc21. The normalized spacial score (nSPS) is 12.8. The maximum absolute atomic E-state index is 11.7. The Labute approximate surface area is 172 Å². The van der Waals surface area contributed by atoms with Crippen molar-refractivity contribution in [2.45, 2.75) is 17.0 Å². The highest BCUT2D eigenvalue weighted by molar-refractivity contribution is 9.10. The van der Waals surface area contributed by atoms with Crippen LogP contribution in [-0.4, -0.2) is 38.9 Å². The van der Waals surface area contributed by atoms with Gasteiger partial charge in [0.05, 0.1) is 6.61 Å². The molecule has 0 atom stereocenters. The summed E-state index contributed by atoms with van der Waals surface area (Å²) in [4.78, 5) is 25.4. The minimum absolute atomic E-state index is 0.183. The molecule has 144 valence electrons. The van der Waals surface area contributed by atoms with Crippen LogP contribution in [0.1, 0.15) is 6.92 Å². The van der Waals surface area contributed by atoms with E-state index in [4.69, 9.17) is 19.9 Å². The molecule has 0 bridgehead atoms. The highest BCUT2D eigenvalue weighted by Crippen LogP contribution is 2.43. The molecule has 0 saturated heterocycles. The van der Waals surface area contributed by atoms with Crippen LogP contribution in [0.25, 0.3) is 17.4 Å². The Hall–Kier alpha value is -2.79. The molecule has 0 spiro atoms. The van der Waals surface area contributed by atoms with Gasteiger partial charge in [-0.15, -0.1) is 0 Å². The first-order valence-electron chi connectivity index (χ1n) is 8.17. The van der Waals surface area contributed by atoms with E-state index in [2.05, 4.69) is 30.9 Å². The van der Waals surface area contributed by atoms with Crippen LogP contribution in [0.3, 0.4) is 0 Å². The van der Waals surface area contributed by atoms with Crippen molar-refractivity contribution < 1.29 is 19.0 Å². The molecular formula is C17H14BrN5O4S. The second kappa shape index (κ2) is 7.68. The Morgan fingerprint density at radius 2 is 2.18 bits per heavy atom. The number of benzene rings is 1. The number of nitrogens with two attached hydrogens (primary N) is 1. The van der Waals surface area contributed by atoms with Crippen LogP contribution in [0.15, 0.2) is 39.1 Å². The first-order chi connectivity index (χ1) is 13.6. The van der Waals surface area contributed by atoms with Crippen LogP contribution in [0.5, 0.6) is 11.5 Å². The van der Waals surface area contributed by atoms with Crippen LogP contribution >= 0.6 is 27.7 Å². The van der Waals surface area contributed by atoms with E-state index >= 15 is 0 Å². The van der Waals surface area contributed by atoms with Gasteiger partial charge in [0.25, 0.3) is 0 Å². The molecule has 0 aliphatic carbocycles. The van der Waals surface area contributed by atoms with Gasteiger partial charge in [-0.1, -0.05) is 0 Å². The van der Waals surface area contributed by atoms with E-state index in [0.717, 1.165) is 9.37 Å². The summed E-state index contributed by atoms with van der Waals surface area (Å²) in [6, 6.07) is 3.69. The van der Waals surface area contributed by atoms with E-state index < -0.39 is 5.97 Å². The van der Waals surface area contributed by atoms with E-state index in [1.54, 1.807) is 17.7 Å². The molecule has 0 saturated carbocycles. The number of nitrogens with zero attached hydrogens (tertiary/aromatic N) is 4. The van der Waals surface area contributed by atoms with E-state index in [9.17, 15) is 4.79 Å². The van der Waals surface area contributed by atoms with Gasteiger partial charge in [0.2, 0.25) is 6.79 Å². The van der Waals surface area contributed by atoms with Crippen LogP contribution in [0.2, 0.25) is 0 Å². The van der Waals surface area contributed by atoms with Crippen molar-refractivity contribution in [2.24, 2.45) is 0 Å². The summed E-state index contributed by atoms with van der Waals surface area (Å²) in [6.45, 7) is 2.21. The maximum Gasteiger partial charge on any atom is 0.332 e. The van der Waals surface area contributed by atoms with Gasteiger partial charge >= 0.3 is 5.97 Å². The van der Waals surface area contributed by atoms with Crippen LogP contribution in [0, 0.1) is 0 Å². The van der Waals surface area contributed by atoms with Crippen LogP contribution in [-0.2, 0) is 9.53 Å². The zero-order chi connectivity index (χ0) is 19.7. The molecule has 28 heavy (non-hydrogen) atoms. The number of carbonyl (C=O) groups is 1. The summed E-state index contributed by atoms with van der Waals surface area (Å²) < 4.78 is 18.2. The third kappa shape index (κ3) is 3.50. The second-order valence-electron chi connectivity index (χ2n) is 5.50. The molecule has 1 aliphatic rings. The fourth-order valence-corrected chi connectivity index (χ4v) is 3.98. The molecule has 0 unspecified atom stereocenters. The van der Waals surface area contributed by atoms with Crippen LogP contribution in [0.4, 0.5) is 5.82 Å². The molecule has 3 aromatic rings. The highest BCUT2D eigenvalue weighted by Gasteiger charge is 2.20. The molecule has 4 rings (SSSR count). The largest absolute Gasteiger partial charge is 0.463 e. The number of halogens is 1. The average Bonchev–Trinajstić information content (AvgIpc) is 3.25. The van der Waals surface area contributed by atoms with Crippen molar-refractivity contribution in [2.75, 3.05) is 19.1 Å². The Balaban J connectivity index is 1.77. The number of ether oxygens (including phenoxy) is 3. The standard InChI is InChI=1S/C17H14BrN5O4S/c1-2-25-13(24)3-4-23-16-14(15(19)20-7-21-16)22-17(23)28-12-6-11-10(5-9(12)18)26-8-27-11/h3-7H,2,8H2,1H3,(H2,19,20,21). The molecule has 2 aromatic heterocycles. The maximum atomic E-state index is 11.7. The van der Waals surface area contributed by atoms with Gasteiger partial charge in [0.1, 0.15) is 6.33 Å². The summed E-state index contributed by atoms with van der Waals surface area (Å²) in [5, 5.41) is 0.544. The van der Waals surface area contributed by atoms with E-state index in [1.165, 1.54) is 24.2 Å². The molecule has 1 aromatic carbocycles. The Morgan fingerprint density at radius 3 is 2.96 bits per heavy atom. The molecule has 0 fully saturated rings. The predicted molar refractivity (Wildman–Crippen MR) is 106 cm³/mol. The van der Waals surface area contributed by atoms with Crippen molar-refractivity contribution in [3.05, 3.63) is 29.0 Å². The van der Waals surface area contributed by atoms with Gasteiger partial charge in [-0.25, -0.2) is 19.7 Å². The van der Waals surface area contributed by atoms with Crippen molar-refractivity contribution in [1.82, 2.24) is 19.5 Å². The molecule has 0 radical (unpaired) electrons. The smallest absolute Gasteiger partial charge is 0.332 e. The van der Waals surface area contributed by atoms with Crippen molar-refractivity contribution in [1.29, 1.82) is 0 Å². The third-order valence-corrected chi connectivity index (χ3v) is 5.69. The predicted octanol–water partition coefficient (Wildman–Crippen LogP) is 3.08. The monoisotopic (exact) mass is 463 g/mol. The first-order valence-corrected chi connectivity index (χ1v) is 9.78. The van der Waals surface area contributed by atoms with Crippen molar-refractivity contribution in [3.8, 4) is 11.5 Å². The number of anilines is 1. The topological polar surface area (TPSA) is 114 Å². The number of rotatable bonds is 5. The summed E-state index contributed by atoms with van der Waals surface area (Å²) in [7, 11) is 0. The fourth-order valence-electron chi connectivity index (χ4n) is 2.51. The molecule has 9 nitrogen and oxygen atoms in total. The van der Waals surface area contributed by atoms with Gasteiger partial charge in [-0.3, -0.25) is 4.57 Å². The number of carbonyl (C=O) groups excluding carboxylic acids is 1. The lowest BCUT2D eigenvalue weighted by atomic mass is 10.3. The number of fused-ring (bicyclic) bond motifs is 2. The number of hydrogen-bond acceptors (Lipinski definition) is 9. The minimum Gasteiger partial charge on any atom is -0.463 e. The summed E-state index contributed by atoms with van der Waals surface area (Å²) in [5.41, 5.74) is 6.86. The lowest BCUT2D eigenvalue weighted by Gasteiger charge is -2.06. The van der Waals surface area contributed by atoms with Gasteiger partial charge in [-0.05, 0) is 46.7 Å². The second-order valence-corrected chi connectivity index (χ2v) is 7.36. The van der Waals surface area contributed by atoms with Crippen molar-refractivity contribution >= 4 is 56.8 Å². The van der Waals surface area contributed by atoms with Gasteiger partial charge in [0, 0.05) is 21.6 Å². The Bertz CT molecular complexity index is 1100. The number of nitrogen functional groups attached to an aromatic ring is 1. The molecule has 3 heterocycles. The van der Waals surface area contributed by atoms with Crippen LogP contribution < -0.4 is 15.2 Å². The lowest BCUT2D eigenvalue weighted by Crippen LogP contribution is -2.01. The minimum atomic E-state index is -0.466. The number of hydrogen-bond donors (Lipinski definition) is 1. The average molecular weight is 464 g/mol. The number of aromatic nitrogens is 4. The molecule has 1 aliphatic heterocycles. The summed E-state index contributed by atoms with van der Waals surface area (Å²) in [5.74, 6) is 1.10. The number of esters is 1. The molecule has 2 N–H and O–H groups in total. The quantitative estimate of drug-likeness (QED) is 0.449. The van der Waals surface area contributed by atoms with E-state index in [0.29, 0.717) is 27.8 Å². The Kier molecular flexibility index (Phi) is 5.09. The van der Waals surface area contributed by atoms with Gasteiger partial charge in [0.15, 0.2) is 33.6 Å². The van der Waals surface area contributed by atoms with Gasteiger partial charge < -0.3 is 19.9 Å². The summed E-state index contributed by atoms with van der Waals surface area (Å²) >= 11 is 4.88.